The summed E-state index contributed by atoms with van der Waals surface area (Å²) in [6, 6.07) is 3.06. The maximum absolute atomic E-state index is 12.8. The molecular formula is C26H41BrClNO5Si. The van der Waals surface area contributed by atoms with Crippen LogP contribution in [-0.4, -0.2) is 51.5 Å². The maximum atomic E-state index is 12.8. The third-order valence-electron chi connectivity index (χ3n) is 6.10. The second-order valence-electron chi connectivity index (χ2n) is 10.9. The van der Waals surface area contributed by atoms with Crippen LogP contribution in [0.2, 0.25) is 23.2 Å². The van der Waals surface area contributed by atoms with Gasteiger partial charge in [-0.2, -0.15) is 0 Å². The van der Waals surface area contributed by atoms with Crippen LogP contribution in [0.15, 0.2) is 27.2 Å². The Labute approximate surface area is 225 Å². The number of aliphatic hydroxyl groups excluding tert-OH is 1. The summed E-state index contributed by atoms with van der Waals surface area (Å²) in [7, 11) is -2.00. The second kappa shape index (κ2) is 12.7. The summed E-state index contributed by atoms with van der Waals surface area (Å²) >= 11 is 9.92. The highest BCUT2D eigenvalue weighted by molar-refractivity contribution is 9.10. The quantitative estimate of drug-likeness (QED) is 0.0987. The van der Waals surface area contributed by atoms with Crippen molar-refractivity contribution in [3.05, 3.63) is 32.8 Å². The number of benzene rings is 1. The minimum Gasteiger partial charge on any atom is -0.506 e. The van der Waals surface area contributed by atoms with Gasteiger partial charge in [-0.25, -0.2) is 4.79 Å². The molecule has 35 heavy (non-hydrogen) atoms. The molecular weight excluding hydrogens is 550 g/mol. The summed E-state index contributed by atoms with van der Waals surface area (Å²) in [5.74, 6) is -0.640. The number of aliphatic imine (C=N–C) groups is 1. The van der Waals surface area contributed by atoms with Crippen LogP contribution in [-0.2, 0) is 14.0 Å². The summed E-state index contributed by atoms with van der Waals surface area (Å²) in [5.41, 5.74) is -0.0937. The fourth-order valence-corrected chi connectivity index (χ4v) is 4.44. The van der Waals surface area contributed by atoms with E-state index in [4.69, 9.17) is 30.5 Å². The van der Waals surface area contributed by atoms with E-state index in [1.54, 1.807) is 19.1 Å². The van der Waals surface area contributed by atoms with Crippen molar-refractivity contribution in [3.8, 4) is 5.75 Å². The third-order valence-corrected chi connectivity index (χ3v) is 11.4. The molecule has 0 heterocycles. The molecule has 1 aromatic rings. The Kier molecular flexibility index (Phi) is 11.5. The number of esters is 1. The maximum Gasteiger partial charge on any atom is 0.343 e. The molecule has 0 aliphatic carbocycles. The Bertz CT molecular complexity index is 948. The highest BCUT2D eigenvalue weighted by Crippen LogP contribution is 2.38. The molecule has 1 atom stereocenters. The van der Waals surface area contributed by atoms with Crippen molar-refractivity contribution in [1.82, 2.24) is 0 Å². The first-order valence-corrected chi connectivity index (χ1v) is 15.9. The Morgan fingerprint density at radius 3 is 2.26 bits per heavy atom. The van der Waals surface area contributed by atoms with E-state index in [1.165, 1.54) is 6.21 Å². The zero-order chi connectivity index (χ0) is 27.2. The van der Waals surface area contributed by atoms with E-state index >= 15 is 0 Å². The van der Waals surface area contributed by atoms with Crippen molar-refractivity contribution >= 4 is 53.8 Å². The van der Waals surface area contributed by atoms with Gasteiger partial charge in [0.1, 0.15) is 17.1 Å². The van der Waals surface area contributed by atoms with Crippen LogP contribution in [0, 0.1) is 5.41 Å². The molecule has 0 aliphatic rings. The van der Waals surface area contributed by atoms with Gasteiger partial charge in [-0.05, 0) is 49.5 Å². The Balaban J connectivity index is 3.53. The van der Waals surface area contributed by atoms with Gasteiger partial charge in [0, 0.05) is 16.3 Å². The molecule has 1 aromatic carbocycles. The van der Waals surface area contributed by atoms with Crippen molar-refractivity contribution in [2.24, 2.45) is 10.4 Å². The largest absolute Gasteiger partial charge is 0.506 e. The van der Waals surface area contributed by atoms with E-state index in [1.807, 2.05) is 6.92 Å². The minimum absolute atomic E-state index is 0.0587. The molecule has 0 unspecified atom stereocenters. The topological polar surface area (TPSA) is 77.4 Å². The summed E-state index contributed by atoms with van der Waals surface area (Å²) in [6.07, 6.45) is 1.37. The first-order chi connectivity index (χ1) is 16.0. The molecule has 1 rings (SSSR count). The van der Waals surface area contributed by atoms with Crippen molar-refractivity contribution < 1.29 is 23.8 Å². The van der Waals surface area contributed by atoms with E-state index in [9.17, 15) is 9.90 Å². The molecule has 0 radical (unpaired) electrons. The number of ether oxygens (including phenoxy) is 2. The van der Waals surface area contributed by atoms with Gasteiger partial charge in [0.15, 0.2) is 8.32 Å². The van der Waals surface area contributed by atoms with Gasteiger partial charge in [-0.1, -0.05) is 69.1 Å². The lowest BCUT2D eigenvalue weighted by Gasteiger charge is -2.38. The molecule has 0 aliphatic heterocycles. The number of aliphatic hydroxyl groups is 1. The van der Waals surface area contributed by atoms with Gasteiger partial charge in [0.2, 0.25) is 0 Å². The van der Waals surface area contributed by atoms with Crippen LogP contribution in [0.4, 0.5) is 0 Å². The van der Waals surface area contributed by atoms with Gasteiger partial charge < -0.3 is 19.0 Å². The zero-order valence-electron chi connectivity index (χ0n) is 22.7. The number of carbonyl (C=O) groups is 1. The van der Waals surface area contributed by atoms with Gasteiger partial charge >= 0.3 is 5.97 Å². The monoisotopic (exact) mass is 589 g/mol. The molecule has 1 N–H and O–H groups in total. The second-order valence-corrected chi connectivity index (χ2v) is 17.0. The molecule has 0 aromatic heterocycles. The van der Waals surface area contributed by atoms with Crippen LogP contribution in [0.1, 0.15) is 61.0 Å². The first-order valence-electron chi connectivity index (χ1n) is 11.9. The predicted octanol–water partition coefficient (Wildman–Crippen LogP) is 7.84. The number of hydrogen-bond donors (Lipinski definition) is 1. The highest BCUT2D eigenvalue weighted by Gasteiger charge is 2.38. The number of hydrogen-bond acceptors (Lipinski definition) is 6. The van der Waals surface area contributed by atoms with Crippen molar-refractivity contribution in [2.75, 3.05) is 19.8 Å². The third kappa shape index (κ3) is 8.92. The van der Waals surface area contributed by atoms with Gasteiger partial charge in [-0.3, -0.25) is 4.99 Å². The average molecular weight is 591 g/mol. The lowest BCUT2D eigenvalue weighted by Crippen LogP contribution is -2.44. The van der Waals surface area contributed by atoms with Gasteiger partial charge in [0.05, 0.1) is 30.9 Å². The van der Waals surface area contributed by atoms with E-state index < -0.39 is 14.3 Å². The normalized spacial score (nSPS) is 14.6. The molecule has 0 amide bonds. The molecule has 0 spiro atoms. The fourth-order valence-electron chi connectivity index (χ4n) is 2.75. The highest BCUT2D eigenvalue weighted by atomic mass is 79.9. The Morgan fingerprint density at radius 1 is 1.17 bits per heavy atom. The number of halogens is 2. The van der Waals surface area contributed by atoms with Crippen molar-refractivity contribution in [1.29, 1.82) is 0 Å². The molecule has 0 bridgehead atoms. The van der Waals surface area contributed by atoms with E-state index in [0.717, 1.165) is 0 Å². The number of rotatable bonds is 10. The van der Waals surface area contributed by atoms with Crippen LogP contribution < -0.4 is 4.74 Å². The molecule has 198 valence electrons. The summed E-state index contributed by atoms with van der Waals surface area (Å²) in [4.78, 5) is 17.5. The summed E-state index contributed by atoms with van der Waals surface area (Å²) in [6.45, 7) is 21.6. The lowest BCUT2D eigenvalue weighted by atomic mass is 9.88. The van der Waals surface area contributed by atoms with Crippen LogP contribution in [0.5, 0.6) is 5.75 Å². The molecule has 9 heteroatoms. The van der Waals surface area contributed by atoms with Crippen molar-refractivity contribution in [3.63, 3.8) is 0 Å². The van der Waals surface area contributed by atoms with Crippen LogP contribution in [0.25, 0.3) is 5.76 Å². The van der Waals surface area contributed by atoms with Crippen LogP contribution in [0.3, 0.4) is 0 Å². The number of carbonyl (C=O) groups excluding carboxylic acids is 1. The van der Waals surface area contributed by atoms with E-state index in [-0.39, 0.29) is 45.0 Å². The summed E-state index contributed by atoms with van der Waals surface area (Å²) in [5, 5.41) is 11.4. The Morgan fingerprint density at radius 2 is 1.77 bits per heavy atom. The Hall–Kier alpha value is -1.35. The van der Waals surface area contributed by atoms with Crippen molar-refractivity contribution in [2.45, 2.75) is 79.6 Å². The van der Waals surface area contributed by atoms with E-state index in [0.29, 0.717) is 23.4 Å². The van der Waals surface area contributed by atoms with E-state index in [2.05, 4.69) is 70.6 Å². The van der Waals surface area contributed by atoms with Crippen LogP contribution >= 0.6 is 27.5 Å². The lowest BCUT2D eigenvalue weighted by molar-refractivity contribution is -0.137. The SMILES string of the molecule is CCOC(=O)C(C=N[C@H](CO[Si](C)(C)C(C)(C)C)C(C)(C)C)=C(O)c1cc(Br)cc(OCC)c1Cl. The first kappa shape index (κ1) is 31.7. The zero-order valence-corrected chi connectivity index (χ0v) is 26.1. The predicted molar refractivity (Wildman–Crippen MR) is 151 cm³/mol. The van der Waals surface area contributed by atoms with Gasteiger partial charge in [-0.15, -0.1) is 0 Å². The van der Waals surface area contributed by atoms with Gasteiger partial charge in [0.25, 0.3) is 0 Å². The molecule has 0 saturated heterocycles. The molecule has 6 nitrogen and oxygen atoms in total. The summed E-state index contributed by atoms with van der Waals surface area (Å²) < 4.78 is 17.9. The minimum atomic E-state index is -2.00. The smallest absolute Gasteiger partial charge is 0.343 e. The number of nitrogens with zero attached hydrogens (tertiary/aromatic N) is 1. The fraction of sp³-hybridized carbons (Fsp3) is 0.615. The molecule has 0 fully saturated rings. The average Bonchev–Trinajstić information content (AvgIpc) is 2.71. The standard InChI is InChI=1S/C26H41BrClNO5Si/c1-11-32-20-14-17(27)13-18(22(20)28)23(30)19(24(31)33-12-2)15-29-21(25(3,4)5)16-34-35(9,10)26(6,7)8/h13-15,21,30H,11-12,16H2,1-10H3/t21-/m1/s1. The molecule has 0 saturated carbocycles.